The van der Waals surface area contributed by atoms with Crippen molar-refractivity contribution in [1.29, 1.82) is 0 Å². The predicted molar refractivity (Wildman–Crippen MR) is 60.6 cm³/mol. The Labute approximate surface area is 102 Å². The number of aromatic nitrogens is 1. The molecule has 0 aliphatic heterocycles. The van der Waals surface area contributed by atoms with E-state index in [1.807, 2.05) is 0 Å². The number of hydrogen-bond donors (Lipinski definition) is 1. The maximum Gasteiger partial charge on any atom is 0.443 e. The van der Waals surface area contributed by atoms with Crippen molar-refractivity contribution < 1.29 is 13.2 Å². The van der Waals surface area contributed by atoms with Crippen molar-refractivity contribution >= 4 is 11.3 Å². The molecule has 2 atom stereocenters. The van der Waals surface area contributed by atoms with E-state index in [1.54, 1.807) is 0 Å². The molecule has 0 aromatic carbocycles. The molecule has 17 heavy (non-hydrogen) atoms. The fourth-order valence-electron chi connectivity index (χ4n) is 2.39. The fourth-order valence-corrected chi connectivity index (χ4v) is 3.31. The third kappa shape index (κ3) is 2.47. The molecule has 0 radical (unpaired) electrons. The third-order valence-corrected chi connectivity index (χ3v) is 4.73. The Bertz CT molecular complexity index is 402. The molecule has 1 heterocycles. The maximum absolute atomic E-state index is 12.5. The lowest BCUT2D eigenvalue weighted by Gasteiger charge is -2.22. The van der Waals surface area contributed by atoms with Crippen LogP contribution in [-0.4, -0.2) is 4.98 Å². The first-order valence-corrected chi connectivity index (χ1v) is 6.49. The van der Waals surface area contributed by atoms with E-state index in [-0.39, 0.29) is 0 Å². The summed E-state index contributed by atoms with van der Waals surface area (Å²) < 4.78 is 37.4. The molecule has 0 spiro atoms. The summed E-state index contributed by atoms with van der Waals surface area (Å²) in [5.74, 6) is 0.524. The molecule has 2 unspecified atom stereocenters. The first-order chi connectivity index (χ1) is 7.85. The first kappa shape index (κ1) is 12.8. The van der Waals surface area contributed by atoms with Gasteiger partial charge in [-0.2, -0.15) is 13.2 Å². The van der Waals surface area contributed by atoms with Crippen LogP contribution in [0.3, 0.4) is 0 Å². The Balaban J connectivity index is 2.21. The number of thiazole rings is 1. The van der Waals surface area contributed by atoms with Crippen molar-refractivity contribution in [3.8, 4) is 0 Å². The quantitative estimate of drug-likeness (QED) is 0.887. The zero-order chi connectivity index (χ0) is 12.7. The van der Waals surface area contributed by atoms with Crippen molar-refractivity contribution in [2.45, 2.75) is 44.3 Å². The minimum Gasteiger partial charge on any atom is -0.321 e. The highest BCUT2D eigenvalue weighted by atomic mass is 32.1. The van der Waals surface area contributed by atoms with Gasteiger partial charge in [0.2, 0.25) is 0 Å². The van der Waals surface area contributed by atoms with Gasteiger partial charge < -0.3 is 5.73 Å². The lowest BCUT2D eigenvalue weighted by Crippen LogP contribution is -2.32. The van der Waals surface area contributed by atoms with E-state index >= 15 is 0 Å². The topological polar surface area (TPSA) is 38.9 Å². The minimum atomic E-state index is -4.36. The maximum atomic E-state index is 12.5. The standard InChI is InChI=1S/C11H15F3N2S/c1-2-7-3-4-10(15,5-7)8-6-16-9(17-8)11(12,13)14/h6-7H,2-5,15H2,1H3. The number of nitrogens with two attached hydrogens (primary N) is 1. The van der Waals surface area contributed by atoms with Gasteiger partial charge in [-0.05, 0) is 25.2 Å². The van der Waals surface area contributed by atoms with Crippen LogP contribution >= 0.6 is 11.3 Å². The Morgan fingerprint density at radius 1 is 1.59 bits per heavy atom. The van der Waals surface area contributed by atoms with Gasteiger partial charge in [-0.25, -0.2) is 4.98 Å². The molecule has 96 valence electrons. The van der Waals surface area contributed by atoms with Crippen molar-refractivity contribution in [3.05, 3.63) is 16.1 Å². The summed E-state index contributed by atoms with van der Waals surface area (Å²) >= 11 is 0.687. The van der Waals surface area contributed by atoms with Crippen LogP contribution in [0.4, 0.5) is 13.2 Å². The lowest BCUT2D eigenvalue weighted by atomic mass is 9.95. The molecule has 1 aromatic heterocycles. The Morgan fingerprint density at radius 3 is 2.76 bits per heavy atom. The van der Waals surface area contributed by atoms with Crippen LogP contribution in [0.15, 0.2) is 6.20 Å². The summed E-state index contributed by atoms with van der Waals surface area (Å²) in [6.07, 6.45) is 0.484. The fraction of sp³-hybridized carbons (Fsp3) is 0.727. The normalized spacial score (nSPS) is 29.8. The average molecular weight is 264 g/mol. The molecule has 2 N–H and O–H groups in total. The zero-order valence-corrected chi connectivity index (χ0v) is 10.4. The van der Waals surface area contributed by atoms with Gasteiger partial charge >= 0.3 is 6.18 Å². The van der Waals surface area contributed by atoms with Crippen LogP contribution in [0.2, 0.25) is 0 Å². The number of nitrogens with zero attached hydrogens (tertiary/aromatic N) is 1. The second kappa shape index (κ2) is 4.24. The number of hydrogen-bond acceptors (Lipinski definition) is 3. The molecular weight excluding hydrogens is 249 g/mol. The van der Waals surface area contributed by atoms with Gasteiger partial charge in [0, 0.05) is 11.1 Å². The molecule has 6 heteroatoms. The molecule has 1 saturated carbocycles. The first-order valence-electron chi connectivity index (χ1n) is 5.67. The van der Waals surface area contributed by atoms with E-state index in [2.05, 4.69) is 11.9 Å². The Hall–Kier alpha value is -0.620. The van der Waals surface area contributed by atoms with E-state index < -0.39 is 16.7 Å². The summed E-state index contributed by atoms with van der Waals surface area (Å²) in [6.45, 7) is 2.09. The number of halogens is 3. The molecule has 0 amide bonds. The van der Waals surface area contributed by atoms with E-state index in [0.717, 1.165) is 25.7 Å². The highest BCUT2D eigenvalue weighted by molar-refractivity contribution is 7.11. The lowest BCUT2D eigenvalue weighted by molar-refractivity contribution is -0.137. The molecular formula is C11H15F3N2S. The molecule has 1 aromatic rings. The molecule has 1 aliphatic rings. The van der Waals surface area contributed by atoms with Crippen molar-refractivity contribution in [2.75, 3.05) is 0 Å². The third-order valence-electron chi connectivity index (χ3n) is 3.47. The number of rotatable bonds is 2. The molecule has 0 bridgehead atoms. The highest BCUT2D eigenvalue weighted by Crippen LogP contribution is 2.44. The summed E-state index contributed by atoms with van der Waals surface area (Å²) in [7, 11) is 0. The minimum absolute atomic E-state index is 0.524. The van der Waals surface area contributed by atoms with Gasteiger partial charge in [0.15, 0.2) is 5.01 Å². The molecule has 2 nitrogen and oxygen atoms in total. The Morgan fingerprint density at radius 2 is 2.29 bits per heavy atom. The molecule has 2 rings (SSSR count). The van der Waals surface area contributed by atoms with Gasteiger partial charge in [0.05, 0.1) is 5.54 Å². The van der Waals surface area contributed by atoms with Crippen molar-refractivity contribution in [1.82, 2.24) is 4.98 Å². The van der Waals surface area contributed by atoms with Crippen LogP contribution in [0, 0.1) is 5.92 Å². The molecule has 1 aliphatic carbocycles. The van der Waals surface area contributed by atoms with Gasteiger partial charge in [-0.15, -0.1) is 11.3 Å². The SMILES string of the molecule is CCC1CCC(N)(c2cnc(C(F)(F)F)s2)C1. The van der Waals surface area contributed by atoms with Gasteiger partial charge in [0.25, 0.3) is 0 Å². The second-order valence-corrected chi connectivity index (χ2v) is 5.73. The van der Waals surface area contributed by atoms with E-state index in [0.29, 0.717) is 22.1 Å². The van der Waals surface area contributed by atoms with Crippen molar-refractivity contribution in [2.24, 2.45) is 11.7 Å². The second-order valence-electron chi connectivity index (χ2n) is 4.70. The van der Waals surface area contributed by atoms with Gasteiger partial charge in [-0.1, -0.05) is 13.3 Å². The summed E-state index contributed by atoms with van der Waals surface area (Å²) in [5, 5.41) is -0.794. The highest BCUT2D eigenvalue weighted by Gasteiger charge is 2.41. The van der Waals surface area contributed by atoms with Crippen LogP contribution in [0.1, 0.15) is 42.5 Å². The summed E-state index contributed by atoms with van der Waals surface area (Å²) in [6, 6.07) is 0. The molecule has 1 fully saturated rings. The smallest absolute Gasteiger partial charge is 0.321 e. The van der Waals surface area contributed by atoms with Gasteiger partial charge in [0.1, 0.15) is 0 Å². The monoisotopic (exact) mass is 264 g/mol. The van der Waals surface area contributed by atoms with Crippen LogP contribution < -0.4 is 5.73 Å². The molecule has 0 saturated heterocycles. The number of alkyl halides is 3. The predicted octanol–water partition coefficient (Wildman–Crippen LogP) is 3.53. The van der Waals surface area contributed by atoms with Crippen LogP contribution in [-0.2, 0) is 11.7 Å². The summed E-state index contributed by atoms with van der Waals surface area (Å²) in [4.78, 5) is 4.01. The van der Waals surface area contributed by atoms with E-state index in [9.17, 15) is 13.2 Å². The van der Waals surface area contributed by atoms with E-state index in [4.69, 9.17) is 5.73 Å². The van der Waals surface area contributed by atoms with E-state index in [1.165, 1.54) is 6.20 Å². The summed E-state index contributed by atoms with van der Waals surface area (Å²) in [5.41, 5.74) is 5.61. The van der Waals surface area contributed by atoms with Crippen molar-refractivity contribution in [3.63, 3.8) is 0 Å². The van der Waals surface area contributed by atoms with Gasteiger partial charge in [-0.3, -0.25) is 0 Å². The van der Waals surface area contributed by atoms with Crippen LogP contribution in [0.5, 0.6) is 0 Å². The zero-order valence-electron chi connectivity index (χ0n) is 9.55. The average Bonchev–Trinajstić information content (AvgIpc) is 2.83. The largest absolute Gasteiger partial charge is 0.443 e. The Kier molecular flexibility index (Phi) is 3.20. The van der Waals surface area contributed by atoms with Crippen LogP contribution in [0.25, 0.3) is 0 Å².